The molecule has 0 saturated heterocycles. The third kappa shape index (κ3) is 4.20. The summed E-state index contributed by atoms with van der Waals surface area (Å²) in [5.41, 5.74) is 0.516. The lowest BCUT2D eigenvalue weighted by Crippen LogP contribution is -2.56. The first-order chi connectivity index (χ1) is 9.91. The highest BCUT2D eigenvalue weighted by Crippen LogP contribution is 2.39. The minimum absolute atomic E-state index is 0.0279. The SMILES string of the molecule is CCNC1(CO)CCCC(N(C)C2CCC(C)(C)CC2)C1. The summed E-state index contributed by atoms with van der Waals surface area (Å²) in [6.07, 6.45) is 10.2. The van der Waals surface area contributed by atoms with Gasteiger partial charge in [0.15, 0.2) is 0 Å². The average molecular weight is 296 g/mol. The van der Waals surface area contributed by atoms with Gasteiger partial charge in [0.2, 0.25) is 0 Å². The van der Waals surface area contributed by atoms with Crippen LogP contribution in [0.5, 0.6) is 0 Å². The van der Waals surface area contributed by atoms with E-state index in [1.54, 1.807) is 0 Å². The first kappa shape index (κ1) is 17.2. The summed E-state index contributed by atoms with van der Waals surface area (Å²) in [6, 6.07) is 1.38. The fraction of sp³-hybridized carbons (Fsp3) is 1.00. The number of likely N-dealkylation sites (N-methyl/N-ethyl adjacent to an activating group) is 1. The Labute approximate surface area is 131 Å². The van der Waals surface area contributed by atoms with Gasteiger partial charge in [-0.25, -0.2) is 0 Å². The van der Waals surface area contributed by atoms with E-state index in [2.05, 4.69) is 38.0 Å². The zero-order valence-corrected chi connectivity index (χ0v) is 14.6. The van der Waals surface area contributed by atoms with Crippen LogP contribution >= 0.6 is 0 Å². The molecule has 0 radical (unpaired) electrons. The highest BCUT2D eigenvalue weighted by molar-refractivity contribution is 4.97. The van der Waals surface area contributed by atoms with E-state index < -0.39 is 0 Å². The van der Waals surface area contributed by atoms with Crippen LogP contribution in [-0.4, -0.2) is 47.8 Å². The van der Waals surface area contributed by atoms with E-state index in [9.17, 15) is 5.11 Å². The van der Waals surface area contributed by atoms with Gasteiger partial charge in [-0.05, 0) is 70.4 Å². The molecule has 2 N–H and O–H groups in total. The fourth-order valence-corrected chi connectivity index (χ4v) is 4.50. The molecule has 21 heavy (non-hydrogen) atoms. The van der Waals surface area contributed by atoms with Crippen LogP contribution in [0.25, 0.3) is 0 Å². The molecule has 0 heterocycles. The summed E-state index contributed by atoms with van der Waals surface area (Å²) in [6.45, 7) is 8.20. The maximum absolute atomic E-state index is 9.87. The largest absolute Gasteiger partial charge is 0.394 e. The molecule has 2 saturated carbocycles. The normalized spacial score (nSPS) is 34.3. The summed E-state index contributed by atoms with van der Waals surface area (Å²) < 4.78 is 0. The molecule has 2 fully saturated rings. The first-order valence-electron chi connectivity index (χ1n) is 8.99. The van der Waals surface area contributed by atoms with Crippen molar-refractivity contribution in [1.82, 2.24) is 10.2 Å². The zero-order chi connectivity index (χ0) is 15.5. The van der Waals surface area contributed by atoms with Crippen molar-refractivity contribution in [3.63, 3.8) is 0 Å². The predicted molar refractivity (Wildman–Crippen MR) is 89.5 cm³/mol. The topological polar surface area (TPSA) is 35.5 Å². The van der Waals surface area contributed by atoms with E-state index in [-0.39, 0.29) is 12.1 Å². The van der Waals surface area contributed by atoms with Crippen LogP contribution in [0.4, 0.5) is 0 Å². The summed E-state index contributed by atoms with van der Waals surface area (Å²) in [7, 11) is 2.33. The van der Waals surface area contributed by atoms with E-state index >= 15 is 0 Å². The minimum Gasteiger partial charge on any atom is -0.394 e. The van der Waals surface area contributed by atoms with Crippen molar-refractivity contribution in [2.24, 2.45) is 5.41 Å². The molecule has 0 bridgehead atoms. The molecule has 2 unspecified atom stereocenters. The van der Waals surface area contributed by atoms with E-state index in [0.717, 1.165) is 25.4 Å². The molecule has 3 heteroatoms. The van der Waals surface area contributed by atoms with Crippen molar-refractivity contribution in [2.75, 3.05) is 20.2 Å². The van der Waals surface area contributed by atoms with Gasteiger partial charge in [-0.1, -0.05) is 20.8 Å². The Morgan fingerprint density at radius 1 is 1.10 bits per heavy atom. The molecule has 0 amide bonds. The van der Waals surface area contributed by atoms with Gasteiger partial charge >= 0.3 is 0 Å². The molecule has 0 spiro atoms. The molecular formula is C18H36N2O. The van der Waals surface area contributed by atoms with Gasteiger partial charge in [-0.15, -0.1) is 0 Å². The minimum atomic E-state index is -0.0279. The van der Waals surface area contributed by atoms with Crippen molar-refractivity contribution in [1.29, 1.82) is 0 Å². The third-order valence-corrected chi connectivity index (χ3v) is 6.13. The van der Waals surface area contributed by atoms with Crippen LogP contribution in [-0.2, 0) is 0 Å². The van der Waals surface area contributed by atoms with Crippen molar-refractivity contribution in [2.45, 2.75) is 89.8 Å². The number of nitrogens with zero attached hydrogens (tertiary/aromatic N) is 1. The van der Waals surface area contributed by atoms with Crippen molar-refractivity contribution >= 4 is 0 Å². The second kappa shape index (κ2) is 6.97. The van der Waals surface area contributed by atoms with Crippen molar-refractivity contribution in [3.8, 4) is 0 Å². The molecular weight excluding hydrogens is 260 g/mol. The second-order valence-electron chi connectivity index (χ2n) is 8.28. The van der Waals surface area contributed by atoms with Crippen LogP contribution in [0.2, 0.25) is 0 Å². The first-order valence-corrected chi connectivity index (χ1v) is 8.99. The highest BCUT2D eigenvalue weighted by Gasteiger charge is 2.39. The summed E-state index contributed by atoms with van der Waals surface area (Å²) >= 11 is 0. The van der Waals surface area contributed by atoms with Gasteiger partial charge in [0.05, 0.1) is 6.61 Å². The Kier molecular flexibility index (Phi) is 5.72. The quantitative estimate of drug-likeness (QED) is 0.818. The molecule has 124 valence electrons. The Bertz CT molecular complexity index is 317. The summed E-state index contributed by atoms with van der Waals surface area (Å²) in [5.74, 6) is 0. The smallest absolute Gasteiger partial charge is 0.0613 e. The third-order valence-electron chi connectivity index (χ3n) is 6.13. The summed E-state index contributed by atoms with van der Waals surface area (Å²) in [4.78, 5) is 2.65. The molecule has 3 nitrogen and oxygen atoms in total. The number of nitrogens with one attached hydrogen (secondary N) is 1. The number of aliphatic hydroxyl groups excluding tert-OH is 1. The summed E-state index contributed by atoms with van der Waals surface area (Å²) in [5, 5.41) is 13.4. The van der Waals surface area contributed by atoms with Crippen molar-refractivity contribution in [3.05, 3.63) is 0 Å². The number of rotatable bonds is 5. The van der Waals surface area contributed by atoms with Crippen molar-refractivity contribution < 1.29 is 5.11 Å². The Balaban J connectivity index is 1.94. The predicted octanol–water partition coefficient (Wildman–Crippen LogP) is 3.17. The van der Waals surface area contributed by atoms with Gasteiger partial charge in [0.25, 0.3) is 0 Å². The number of hydrogen-bond acceptors (Lipinski definition) is 3. The highest BCUT2D eigenvalue weighted by atomic mass is 16.3. The van der Waals surface area contributed by atoms with Gasteiger partial charge in [-0.2, -0.15) is 0 Å². The van der Waals surface area contributed by atoms with E-state index in [1.807, 2.05) is 0 Å². The Morgan fingerprint density at radius 2 is 1.76 bits per heavy atom. The van der Waals surface area contributed by atoms with E-state index in [0.29, 0.717) is 11.5 Å². The monoisotopic (exact) mass is 296 g/mol. The van der Waals surface area contributed by atoms with Crippen LogP contribution in [0.3, 0.4) is 0 Å². The zero-order valence-electron chi connectivity index (χ0n) is 14.6. The van der Waals surface area contributed by atoms with Crippen LogP contribution in [0.15, 0.2) is 0 Å². The molecule has 0 aromatic rings. The standard InChI is InChI=1S/C18H36N2O/c1-5-19-18(14-21)10-6-7-16(13-18)20(4)15-8-11-17(2,3)12-9-15/h15-16,19,21H,5-14H2,1-4H3. The molecule has 2 rings (SSSR count). The molecule has 2 atom stereocenters. The molecule has 0 aromatic carbocycles. The number of hydrogen-bond donors (Lipinski definition) is 2. The molecule has 2 aliphatic rings. The molecule has 2 aliphatic carbocycles. The lowest BCUT2D eigenvalue weighted by molar-refractivity contribution is 0.0332. The lowest BCUT2D eigenvalue weighted by atomic mass is 9.74. The lowest BCUT2D eigenvalue weighted by Gasteiger charge is -2.47. The maximum atomic E-state index is 9.87. The van der Waals surface area contributed by atoms with E-state index in [4.69, 9.17) is 0 Å². The van der Waals surface area contributed by atoms with Crippen LogP contribution in [0.1, 0.15) is 72.1 Å². The molecule has 0 aromatic heterocycles. The molecule has 0 aliphatic heterocycles. The van der Waals surface area contributed by atoms with Gasteiger partial charge in [-0.3, -0.25) is 0 Å². The van der Waals surface area contributed by atoms with E-state index in [1.165, 1.54) is 38.5 Å². The maximum Gasteiger partial charge on any atom is 0.0613 e. The fourth-order valence-electron chi connectivity index (χ4n) is 4.50. The van der Waals surface area contributed by atoms with Gasteiger partial charge < -0.3 is 15.3 Å². The van der Waals surface area contributed by atoms with Crippen LogP contribution in [0, 0.1) is 5.41 Å². The van der Waals surface area contributed by atoms with Crippen LogP contribution < -0.4 is 5.32 Å². The van der Waals surface area contributed by atoms with Gasteiger partial charge in [0.1, 0.15) is 0 Å². The Morgan fingerprint density at radius 3 is 2.33 bits per heavy atom. The van der Waals surface area contributed by atoms with Gasteiger partial charge in [0, 0.05) is 17.6 Å². The Hall–Kier alpha value is -0.120. The number of aliphatic hydroxyl groups is 1. The second-order valence-corrected chi connectivity index (χ2v) is 8.28. The average Bonchev–Trinajstić information content (AvgIpc) is 2.47.